The van der Waals surface area contributed by atoms with Crippen LogP contribution in [0.4, 0.5) is 13.2 Å². The van der Waals surface area contributed by atoms with Crippen molar-refractivity contribution in [2.75, 3.05) is 13.2 Å². The lowest BCUT2D eigenvalue weighted by atomic mass is 10.2. The van der Waals surface area contributed by atoms with Crippen molar-refractivity contribution < 1.29 is 22.7 Å². The predicted molar refractivity (Wildman–Crippen MR) is 111 cm³/mol. The molecular formula is C21H17ClF3N3O4. The van der Waals surface area contributed by atoms with Crippen LogP contribution in [0.15, 0.2) is 64.3 Å². The van der Waals surface area contributed by atoms with Crippen LogP contribution in [0, 0.1) is 0 Å². The van der Waals surface area contributed by atoms with Crippen LogP contribution in [0.25, 0.3) is 0 Å². The lowest BCUT2D eigenvalue weighted by molar-refractivity contribution is -0.137. The Kier molecular flexibility index (Phi) is 7.04. The number of rotatable bonds is 7. The van der Waals surface area contributed by atoms with Gasteiger partial charge in [0.1, 0.15) is 17.9 Å². The molecular weight excluding hydrogens is 451 g/mol. The van der Waals surface area contributed by atoms with Gasteiger partial charge in [0.2, 0.25) is 0 Å². The summed E-state index contributed by atoms with van der Waals surface area (Å²) in [5.41, 5.74) is -2.17. The van der Waals surface area contributed by atoms with E-state index >= 15 is 0 Å². The van der Waals surface area contributed by atoms with Gasteiger partial charge in [-0.1, -0.05) is 35.9 Å². The molecule has 1 amide bonds. The van der Waals surface area contributed by atoms with Gasteiger partial charge in [-0.15, -0.1) is 0 Å². The molecule has 32 heavy (non-hydrogen) atoms. The number of hydrogen-bond acceptors (Lipinski definition) is 4. The van der Waals surface area contributed by atoms with Gasteiger partial charge >= 0.3 is 11.9 Å². The third-order valence-corrected chi connectivity index (χ3v) is 4.78. The molecule has 3 rings (SSSR count). The van der Waals surface area contributed by atoms with Crippen molar-refractivity contribution in [2.45, 2.75) is 12.7 Å². The highest BCUT2D eigenvalue weighted by atomic mass is 35.5. The molecule has 0 atom stereocenters. The molecule has 0 aliphatic rings. The number of aromatic nitrogens is 2. The van der Waals surface area contributed by atoms with Crippen molar-refractivity contribution in [1.82, 2.24) is 14.9 Å². The van der Waals surface area contributed by atoms with Crippen LogP contribution in [0.5, 0.6) is 5.75 Å². The van der Waals surface area contributed by atoms with Gasteiger partial charge in [0.25, 0.3) is 11.5 Å². The van der Waals surface area contributed by atoms with Gasteiger partial charge in [0, 0.05) is 11.2 Å². The van der Waals surface area contributed by atoms with Crippen molar-refractivity contribution in [3.05, 3.63) is 97.3 Å². The van der Waals surface area contributed by atoms with Crippen LogP contribution in [0.2, 0.25) is 5.02 Å². The molecule has 0 saturated heterocycles. The summed E-state index contributed by atoms with van der Waals surface area (Å²) >= 11 is 6.07. The van der Waals surface area contributed by atoms with Gasteiger partial charge < -0.3 is 15.0 Å². The second-order valence-electron chi connectivity index (χ2n) is 6.62. The molecule has 0 aliphatic carbocycles. The minimum atomic E-state index is -4.50. The van der Waals surface area contributed by atoms with E-state index in [1.165, 1.54) is 12.1 Å². The van der Waals surface area contributed by atoms with Crippen LogP contribution in [-0.4, -0.2) is 28.6 Å². The molecule has 1 heterocycles. The van der Waals surface area contributed by atoms with Crippen LogP contribution < -0.4 is 21.3 Å². The molecule has 0 fully saturated rings. The van der Waals surface area contributed by atoms with Crippen LogP contribution in [0.1, 0.15) is 21.5 Å². The van der Waals surface area contributed by atoms with Crippen molar-refractivity contribution >= 4 is 17.5 Å². The van der Waals surface area contributed by atoms with E-state index < -0.39 is 28.9 Å². The van der Waals surface area contributed by atoms with E-state index in [0.717, 1.165) is 22.9 Å². The second kappa shape index (κ2) is 9.73. The highest BCUT2D eigenvalue weighted by Gasteiger charge is 2.30. The van der Waals surface area contributed by atoms with Gasteiger partial charge in [-0.3, -0.25) is 14.2 Å². The maximum absolute atomic E-state index is 12.7. The smallest absolute Gasteiger partial charge is 0.416 e. The number of carbonyl (C=O) groups is 1. The lowest BCUT2D eigenvalue weighted by Crippen LogP contribution is -2.41. The Morgan fingerprint density at radius 2 is 1.88 bits per heavy atom. The van der Waals surface area contributed by atoms with E-state index in [1.54, 1.807) is 24.3 Å². The molecule has 2 aromatic carbocycles. The maximum Gasteiger partial charge on any atom is 0.416 e. The Bertz CT molecular complexity index is 1240. The largest absolute Gasteiger partial charge is 0.492 e. The minimum absolute atomic E-state index is 0.0137. The number of alkyl halides is 3. The molecule has 0 saturated carbocycles. The Balaban J connectivity index is 1.64. The maximum atomic E-state index is 12.7. The fourth-order valence-corrected chi connectivity index (χ4v) is 3.00. The summed E-state index contributed by atoms with van der Waals surface area (Å²) < 4.78 is 44.3. The molecule has 0 spiro atoms. The summed E-state index contributed by atoms with van der Waals surface area (Å²) in [7, 11) is 0. The molecule has 11 heteroatoms. The zero-order valence-corrected chi connectivity index (χ0v) is 17.2. The van der Waals surface area contributed by atoms with Crippen molar-refractivity contribution in [3.63, 3.8) is 0 Å². The summed E-state index contributed by atoms with van der Waals surface area (Å²) in [6.45, 7) is -0.351. The van der Waals surface area contributed by atoms with Gasteiger partial charge in [-0.2, -0.15) is 13.2 Å². The van der Waals surface area contributed by atoms with E-state index in [9.17, 15) is 27.6 Å². The van der Waals surface area contributed by atoms with Crippen LogP contribution >= 0.6 is 11.6 Å². The van der Waals surface area contributed by atoms with E-state index in [4.69, 9.17) is 16.3 Å². The highest BCUT2D eigenvalue weighted by Crippen LogP contribution is 2.31. The molecule has 168 valence electrons. The summed E-state index contributed by atoms with van der Waals surface area (Å²) in [4.78, 5) is 39.4. The summed E-state index contributed by atoms with van der Waals surface area (Å²) in [6, 6.07) is 11.0. The predicted octanol–water partition coefficient (Wildman–Crippen LogP) is 3.07. The summed E-state index contributed by atoms with van der Waals surface area (Å²) in [6.07, 6.45) is -3.50. The van der Waals surface area contributed by atoms with Crippen LogP contribution in [0.3, 0.4) is 0 Å². The number of hydrogen-bond donors (Lipinski definition) is 2. The second-order valence-corrected chi connectivity index (χ2v) is 7.03. The van der Waals surface area contributed by atoms with E-state index in [0.29, 0.717) is 10.6 Å². The number of H-pyrrole nitrogens is 1. The number of nitrogens with one attached hydrogen (secondary N) is 2. The normalized spacial score (nSPS) is 11.2. The number of aromatic amines is 1. The third kappa shape index (κ3) is 5.58. The Morgan fingerprint density at radius 1 is 1.12 bits per heavy atom. The van der Waals surface area contributed by atoms with Gasteiger partial charge in [-0.05, 0) is 29.8 Å². The average molecular weight is 468 g/mol. The fraction of sp³-hybridized carbons (Fsp3) is 0.190. The average Bonchev–Trinajstić information content (AvgIpc) is 2.75. The number of amides is 1. The zero-order chi connectivity index (χ0) is 23.3. The Hall–Kier alpha value is -3.53. The number of carbonyl (C=O) groups excluding carboxylic acids is 1. The molecule has 2 N–H and O–H groups in total. The standard InChI is InChI=1S/C21H17ClF3N3O4/c22-17-7-2-1-4-13(17)12-28-19(30)16(11-27-20(28)31)18(29)26-8-9-32-15-6-3-5-14(10-15)21(23,24)25/h1-7,10-11H,8-9,12H2,(H,26,29)(H,27,31). The zero-order valence-electron chi connectivity index (χ0n) is 16.4. The molecule has 7 nitrogen and oxygen atoms in total. The fourth-order valence-electron chi connectivity index (χ4n) is 2.81. The quantitative estimate of drug-likeness (QED) is 0.522. The van der Waals surface area contributed by atoms with Gasteiger partial charge in [-0.25, -0.2) is 4.79 Å². The minimum Gasteiger partial charge on any atom is -0.492 e. The number of benzene rings is 2. The highest BCUT2D eigenvalue weighted by molar-refractivity contribution is 6.31. The van der Waals surface area contributed by atoms with E-state index in [-0.39, 0.29) is 31.0 Å². The molecule has 1 aromatic heterocycles. The molecule has 3 aromatic rings. The monoisotopic (exact) mass is 467 g/mol. The third-order valence-electron chi connectivity index (χ3n) is 4.41. The molecule has 0 radical (unpaired) electrons. The number of halogens is 4. The molecule has 0 bridgehead atoms. The van der Waals surface area contributed by atoms with Gasteiger partial charge in [0.15, 0.2) is 0 Å². The topological polar surface area (TPSA) is 93.2 Å². The molecule has 0 unspecified atom stereocenters. The Morgan fingerprint density at radius 3 is 2.59 bits per heavy atom. The van der Waals surface area contributed by atoms with Crippen LogP contribution in [-0.2, 0) is 12.7 Å². The lowest BCUT2D eigenvalue weighted by Gasteiger charge is -2.11. The summed E-state index contributed by atoms with van der Waals surface area (Å²) in [5.74, 6) is -0.785. The Labute approximate surface area is 184 Å². The van der Waals surface area contributed by atoms with Crippen molar-refractivity contribution in [1.29, 1.82) is 0 Å². The molecule has 0 aliphatic heterocycles. The number of nitrogens with zero attached hydrogens (tertiary/aromatic N) is 1. The van der Waals surface area contributed by atoms with Gasteiger partial charge in [0.05, 0.1) is 18.7 Å². The first kappa shape index (κ1) is 23.1. The summed E-state index contributed by atoms with van der Waals surface area (Å²) in [5, 5.41) is 2.79. The van der Waals surface area contributed by atoms with Crippen molar-refractivity contribution in [3.8, 4) is 5.75 Å². The van der Waals surface area contributed by atoms with E-state index in [2.05, 4.69) is 10.3 Å². The first-order chi connectivity index (χ1) is 15.2. The van der Waals surface area contributed by atoms with Crippen molar-refractivity contribution in [2.24, 2.45) is 0 Å². The number of ether oxygens (including phenoxy) is 1. The first-order valence-corrected chi connectivity index (χ1v) is 9.69. The first-order valence-electron chi connectivity index (χ1n) is 9.31. The SMILES string of the molecule is O=C(NCCOc1cccc(C(F)(F)F)c1)c1c[nH]c(=O)n(Cc2ccccc2Cl)c1=O. The van der Waals surface area contributed by atoms with E-state index in [1.807, 2.05) is 0 Å².